The molecule has 0 aliphatic heterocycles. The summed E-state index contributed by atoms with van der Waals surface area (Å²) in [6.45, 7) is 0. The minimum absolute atomic E-state index is 0.0751. The van der Waals surface area contributed by atoms with Gasteiger partial charge in [-0.05, 0) is 35.9 Å². The van der Waals surface area contributed by atoms with Crippen molar-refractivity contribution in [2.75, 3.05) is 14.2 Å². The van der Waals surface area contributed by atoms with Crippen LogP contribution in [0.4, 0.5) is 5.69 Å². The van der Waals surface area contributed by atoms with Crippen molar-refractivity contribution in [3.05, 3.63) is 70.3 Å². The summed E-state index contributed by atoms with van der Waals surface area (Å²) in [5.74, 6) is 2.33. The van der Waals surface area contributed by atoms with Gasteiger partial charge in [-0.2, -0.15) is 9.61 Å². The Morgan fingerprint density at radius 1 is 1.03 bits per heavy atom. The summed E-state index contributed by atoms with van der Waals surface area (Å²) >= 11 is 1.48. The molecule has 2 aromatic carbocycles. The number of ether oxygens (including phenoxy) is 2. The van der Waals surface area contributed by atoms with Crippen LogP contribution in [0.5, 0.6) is 11.5 Å². The molecule has 0 N–H and O–H groups in total. The van der Waals surface area contributed by atoms with E-state index in [0.717, 1.165) is 16.2 Å². The maximum Gasteiger partial charge on any atom is 0.269 e. The predicted octanol–water partition coefficient (Wildman–Crippen LogP) is 4.01. The van der Waals surface area contributed by atoms with Gasteiger partial charge in [0.15, 0.2) is 23.0 Å². The zero-order valence-corrected chi connectivity index (χ0v) is 17.0. The Kier molecular flexibility index (Phi) is 5.48. The highest BCUT2D eigenvalue weighted by molar-refractivity contribution is 7.98. The summed E-state index contributed by atoms with van der Waals surface area (Å²) in [6, 6.07) is 15.7. The zero-order valence-electron chi connectivity index (χ0n) is 16.2. The van der Waals surface area contributed by atoms with Crippen LogP contribution in [0.1, 0.15) is 5.56 Å². The van der Waals surface area contributed by atoms with E-state index < -0.39 is 4.92 Å². The molecular formula is C20H17N5O4S. The number of nitro benzene ring substituents is 1. The van der Waals surface area contributed by atoms with E-state index in [4.69, 9.17) is 9.47 Å². The molecular weight excluding hydrogens is 406 g/mol. The topological polar surface area (TPSA) is 105 Å². The predicted molar refractivity (Wildman–Crippen MR) is 112 cm³/mol. The van der Waals surface area contributed by atoms with Crippen molar-refractivity contribution in [1.29, 1.82) is 0 Å². The lowest BCUT2D eigenvalue weighted by atomic mass is 10.2. The minimum atomic E-state index is -0.398. The molecule has 10 heteroatoms. The number of thioether (sulfide) groups is 1. The first kappa shape index (κ1) is 19.6. The second-order valence-electron chi connectivity index (χ2n) is 6.25. The molecule has 2 heterocycles. The third-order valence-electron chi connectivity index (χ3n) is 4.39. The molecule has 0 aliphatic rings. The van der Waals surface area contributed by atoms with E-state index in [9.17, 15) is 10.1 Å². The first-order chi connectivity index (χ1) is 14.6. The molecule has 0 radical (unpaired) electrons. The van der Waals surface area contributed by atoms with Crippen LogP contribution in [0.25, 0.3) is 17.0 Å². The Balaban J connectivity index is 1.62. The number of nitro groups is 1. The zero-order chi connectivity index (χ0) is 21.1. The molecule has 0 saturated carbocycles. The summed E-state index contributed by atoms with van der Waals surface area (Å²) in [7, 11) is 3.15. The Morgan fingerprint density at radius 3 is 2.63 bits per heavy atom. The number of non-ortho nitro benzene ring substituents is 1. The van der Waals surface area contributed by atoms with Gasteiger partial charge in [-0.1, -0.05) is 23.9 Å². The van der Waals surface area contributed by atoms with Gasteiger partial charge < -0.3 is 9.47 Å². The van der Waals surface area contributed by atoms with Gasteiger partial charge in [0.1, 0.15) is 5.03 Å². The fourth-order valence-corrected chi connectivity index (χ4v) is 3.72. The third-order valence-corrected chi connectivity index (χ3v) is 5.38. The van der Waals surface area contributed by atoms with Crippen molar-refractivity contribution in [2.45, 2.75) is 10.8 Å². The molecule has 152 valence electrons. The Hall–Kier alpha value is -3.66. The van der Waals surface area contributed by atoms with E-state index in [1.165, 1.54) is 17.8 Å². The van der Waals surface area contributed by atoms with Crippen LogP contribution in [0.2, 0.25) is 0 Å². The van der Waals surface area contributed by atoms with E-state index in [1.807, 2.05) is 30.3 Å². The van der Waals surface area contributed by atoms with Crippen molar-refractivity contribution < 1.29 is 14.4 Å². The number of aromatic nitrogens is 4. The maximum absolute atomic E-state index is 11.0. The van der Waals surface area contributed by atoms with E-state index >= 15 is 0 Å². The van der Waals surface area contributed by atoms with Crippen molar-refractivity contribution in [2.24, 2.45) is 0 Å². The number of hydrogen-bond donors (Lipinski definition) is 0. The number of nitrogens with zero attached hydrogens (tertiary/aromatic N) is 5. The number of hydrogen-bond acceptors (Lipinski definition) is 8. The van der Waals surface area contributed by atoms with Crippen molar-refractivity contribution >= 4 is 23.1 Å². The highest BCUT2D eigenvalue weighted by Crippen LogP contribution is 2.32. The SMILES string of the molecule is COc1ccc(-c2nnc3ccc(SCc4cccc([N+](=O)[O-])c4)nn23)cc1OC. The summed E-state index contributed by atoms with van der Waals surface area (Å²) < 4.78 is 12.3. The third kappa shape index (κ3) is 3.90. The minimum Gasteiger partial charge on any atom is -0.493 e. The number of fused-ring (bicyclic) bond motifs is 1. The van der Waals surface area contributed by atoms with Gasteiger partial charge in [0.25, 0.3) is 5.69 Å². The summed E-state index contributed by atoms with van der Waals surface area (Å²) in [4.78, 5) is 10.6. The van der Waals surface area contributed by atoms with Gasteiger partial charge in [-0.15, -0.1) is 10.2 Å². The summed E-state index contributed by atoms with van der Waals surface area (Å²) in [5.41, 5.74) is 2.32. The van der Waals surface area contributed by atoms with Gasteiger partial charge >= 0.3 is 0 Å². The van der Waals surface area contributed by atoms with Gasteiger partial charge in [-0.3, -0.25) is 10.1 Å². The lowest BCUT2D eigenvalue weighted by Gasteiger charge is -2.09. The maximum atomic E-state index is 11.0. The standard InChI is InChI=1S/C20H17N5O4S/c1-28-16-7-6-14(11-17(16)29-2)20-22-21-18-8-9-19(23-24(18)20)30-12-13-4-3-5-15(10-13)25(26)27/h3-11H,12H2,1-2H3. The van der Waals surface area contributed by atoms with Crippen LogP contribution in [-0.4, -0.2) is 39.0 Å². The van der Waals surface area contributed by atoms with Gasteiger partial charge in [0, 0.05) is 23.4 Å². The highest BCUT2D eigenvalue weighted by atomic mass is 32.2. The molecule has 0 amide bonds. The normalized spacial score (nSPS) is 10.9. The number of benzene rings is 2. The molecule has 0 unspecified atom stereocenters. The van der Waals surface area contributed by atoms with E-state index in [-0.39, 0.29) is 5.69 Å². The average Bonchev–Trinajstić information content (AvgIpc) is 3.20. The first-order valence-corrected chi connectivity index (χ1v) is 9.88. The fourth-order valence-electron chi connectivity index (χ4n) is 2.92. The molecule has 0 aliphatic carbocycles. The van der Waals surface area contributed by atoms with E-state index in [1.54, 1.807) is 36.9 Å². The molecule has 30 heavy (non-hydrogen) atoms. The van der Waals surface area contributed by atoms with Crippen LogP contribution < -0.4 is 9.47 Å². The second-order valence-corrected chi connectivity index (χ2v) is 7.25. The first-order valence-electron chi connectivity index (χ1n) is 8.90. The van der Waals surface area contributed by atoms with Gasteiger partial charge in [-0.25, -0.2) is 0 Å². The van der Waals surface area contributed by atoms with Gasteiger partial charge in [0.2, 0.25) is 0 Å². The smallest absolute Gasteiger partial charge is 0.269 e. The molecule has 9 nitrogen and oxygen atoms in total. The number of methoxy groups -OCH3 is 2. The lowest BCUT2D eigenvalue weighted by Crippen LogP contribution is -1.98. The van der Waals surface area contributed by atoms with E-state index in [2.05, 4.69) is 15.3 Å². The summed E-state index contributed by atoms with van der Waals surface area (Å²) in [6.07, 6.45) is 0. The molecule has 4 aromatic rings. The Labute approximate surface area is 175 Å². The molecule has 0 fully saturated rings. The molecule has 0 bridgehead atoms. The quantitative estimate of drug-likeness (QED) is 0.249. The van der Waals surface area contributed by atoms with Crippen molar-refractivity contribution in [1.82, 2.24) is 19.8 Å². The average molecular weight is 423 g/mol. The van der Waals surface area contributed by atoms with Crippen LogP contribution in [-0.2, 0) is 5.75 Å². The van der Waals surface area contributed by atoms with Gasteiger partial charge in [0.05, 0.1) is 19.1 Å². The fraction of sp³-hybridized carbons (Fsp3) is 0.150. The summed E-state index contributed by atoms with van der Waals surface area (Å²) in [5, 5.41) is 24.8. The Morgan fingerprint density at radius 2 is 1.87 bits per heavy atom. The highest BCUT2D eigenvalue weighted by Gasteiger charge is 2.14. The molecule has 4 rings (SSSR count). The lowest BCUT2D eigenvalue weighted by molar-refractivity contribution is -0.384. The largest absolute Gasteiger partial charge is 0.493 e. The number of rotatable bonds is 7. The van der Waals surface area contributed by atoms with Crippen LogP contribution in [0, 0.1) is 10.1 Å². The van der Waals surface area contributed by atoms with Crippen LogP contribution >= 0.6 is 11.8 Å². The molecule has 0 atom stereocenters. The van der Waals surface area contributed by atoms with E-state index in [0.29, 0.717) is 28.7 Å². The van der Waals surface area contributed by atoms with Crippen molar-refractivity contribution in [3.8, 4) is 22.9 Å². The van der Waals surface area contributed by atoms with Crippen molar-refractivity contribution in [3.63, 3.8) is 0 Å². The Bertz CT molecular complexity index is 1230. The van der Waals surface area contributed by atoms with Crippen LogP contribution in [0.15, 0.2) is 59.6 Å². The monoisotopic (exact) mass is 423 g/mol. The van der Waals surface area contributed by atoms with Crippen LogP contribution in [0.3, 0.4) is 0 Å². The molecule has 2 aromatic heterocycles. The molecule has 0 saturated heterocycles. The second kappa shape index (κ2) is 8.37. The molecule has 0 spiro atoms.